The number of anilines is 3. The minimum absolute atomic E-state index is 0.250. The van der Waals surface area contributed by atoms with Gasteiger partial charge < -0.3 is 15.4 Å². The number of amides is 1. The first kappa shape index (κ1) is 18.1. The lowest BCUT2D eigenvalue weighted by atomic mass is 10.1. The van der Waals surface area contributed by atoms with Crippen LogP contribution >= 0.6 is 0 Å². The predicted molar refractivity (Wildman–Crippen MR) is 99.7 cm³/mol. The first-order valence-electron chi connectivity index (χ1n) is 8.04. The molecule has 1 heterocycles. The summed E-state index contributed by atoms with van der Waals surface area (Å²) >= 11 is 0. The molecular weight excluding hydrogens is 349 g/mol. The third-order valence-corrected chi connectivity index (χ3v) is 3.70. The van der Waals surface area contributed by atoms with Crippen molar-refractivity contribution in [3.8, 4) is 0 Å². The molecule has 0 unspecified atom stereocenters. The Morgan fingerprint density at radius 2 is 1.85 bits per heavy atom. The van der Waals surface area contributed by atoms with Crippen LogP contribution in [0.3, 0.4) is 0 Å². The normalized spacial score (nSPS) is 10.1. The van der Waals surface area contributed by atoms with E-state index in [1.165, 1.54) is 37.6 Å². The molecular formula is C20H16FN3O3. The highest BCUT2D eigenvalue weighted by Gasteiger charge is 2.14. The summed E-state index contributed by atoms with van der Waals surface area (Å²) in [5, 5.41) is 5.62. The number of nitrogens with zero attached hydrogens (tertiary/aromatic N) is 1. The summed E-state index contributed by atoms with van der Waals surface area (Å²) in [6, 6.07) is 15.5. The summed E-state index contributed by atoms with van der Waals surface area (Å²) in [5.41, 5.74) is 1.42. The Kier molecular flexibility index (Phi) is 5.41. The van der Waals surface area contributed by atoms with Crippen molar-refractivity contribution in [1.82, 2.24) is 4.98 Å². The number of esters is 1. The number of hydrogen-bond acceptors (Lipinski definition) is 5. The van der Waals surface area contributed by atoms with Crippen LogP contribution in [-0.4, -0.2) is 24.0 Å². The van der Waals surface area contributed by atoms with Gasteiger partial charge in [-0.1, -0.05) is 18.2 Å². The van der Waals surface area contributed by atoms with E-state index in [1.54, 1.807) is 36.4 Å². The van der Waals surface area contributed by atoms with Crippen LogP contribution in [-0.2, 0) is 4.74 Å². The maximum absolute atomic E-state index is 13.3. The van der Waals surface area contributed by atoms with E-state index in [2.05, 4.69) is 15.6 Å². The molecule has 3 rings (SSSR count). The smallest absolute Gasteiger partial charge is 0.339 e. The first-order valence-corrected chi connectivity index (χ1v) is 8.04. The average molecular weight is 365 g/mol. The molecule has 0 aliphatic rings. The molecule has 0 radical (unpaired) electrons. The molecule has 3 aromatic rings. The van der Waals surface area contributed by atoms with Crippen molar-refractivity contribution in [3.05, 3.63) is 83.8 Å². The average Bonchev–Trinajstić information content (AvgIpc) is 2.68. The first-order chi connectivity index (χ1) is 13.1. The number of pyridine rings is 1. The van der Waals surface area contributed by atoms with Crippen LogP contribution in [0.1, 0.15) is 20.7 Å². The topological polar surface area (TPSA) is 80.3 Å². The second kappa shape index (κ2) is 8.09. The molecule has 1 aromatic heterocycles. The quantitative estimate of drug-likeness (QED) is 0.668. The summed E-state index contributed by atoms with van der Waals surface area (Å²) in [5.74, 6) is -0.965. The fraction of sp³-hybridized carbons (Fsp3) is 0.0500. The van der Waals surface area contributed by atoms with Crippen molar-refractivity contribution in [2.24, 2.45) is 0 Å². The maximum Gasteiger partial charge on any atom is 0.339 e. The van der Waals surface area contributed by atoms with Gasteiger partial charge in [0.15, 0.2) is 0 Å². The zero-order chi connectivity index (χ0) is 19.2. The fourth-order valence-corrected chi connectivity index (χ4v) is 2.43. The van der Waals surface area contributed by atoms with Crippen LogP contribution < -0.4 is 10.6 Å². The summed E-state index contributed by atoms with van der Waals surface area (Å²) in [6.07, 6.45) is 1.46. The number of para-hydroxylation sites is 1. The Hall–Kier alpha value is -3.74. The molecule has 136 valence electrons. The second-order valence-corrected chi connectivity index (χ2v) is 5.56. The zero-order valence-corrected chi connectivity index (χ0v) is 14.4. The SMILES string of the molecule is COC(=O)c1ccccc1NC(=O)c1ccnc(Nc2cccc(F)c2)c1. The number of ether oxygens (including phenoxy) is 1. The molecule has 2 aromatic carbocycles. The number of hydrogen-bond donors (Lipinski definition) is 2. The van der Waals surface area contributed by atoms with Crippen LogP contribution in [0.2, 0.25) is 0 Å². The number of carbonyl (C=O) groups excluding carboxylic acids is 2. The van der Waals surface area contributed by atoms with Gasteiger partial charge >= 0.3 is 5.97 Å². The summed E-state index contributed by atoms with van der Waals surface area (Å²) < 4.78 is 18.0. The van der Waals surface area contributed by atoms with Crippen LogP contribution in [0, 0.1) is 5.82 Å². The standard InChI is InChI=1S/C20H16FN3O3/c1-27-20(26)16-7-2-3-8-17(16)24-19(25)13-9-10-22-18(11-13)23-15-6-4-5-14(21)12-15/h2-12H,1H3,(H,22,23)(H,24,25). The second-order valence-electron chi connectivity index (χ2n) is 5.56. The van der Waals surface area contributed by atoms with Crippen molar-refractivity contribution in [2.45, 2.75) is 0 Å². The van der Waals surface area contributed by atoms with Gasteiger partial charge in [0, 0.05) is 17.4 Å². The Labute approximate surface area is 155 Å². The van der Waals surface area contributed by atoms with Crippen LogP contribution in [0.15, 0.2) is 66.9 Å². The van der Waals surface area contributed by atoms with Gasteiger partial charge in [-0.05, 0) is 42.5 Å². The maximum atomic E-state index is 13.3. The number of methoxy groups -OCH3 is 1. The zero-order valence-electron chi connectivity index (χ0n) is 14.4. The Bertz CT molecular complexity index is 991. The molecule has 2 N–H and O–H groups in total. The van der Waals surface area contributed by atoms with Gasteiger partial charge in [0.25, 0.3) is 5.91 Å². The molecule has 0 aliphatic heterocycles. The van der Waals surface area contributed by atoms with Crippen LogP contribution in [0.4, 0.5) is 21.6 Å². The fourth-order valence-electron chi connectivity index (χ4n) is 2.43. The molecule has 0 saturated carbocycles. The lowest BCUT2D eigenvalue weighted by molar-refractivity contribution is 0.0602. The van der Waals surface area contributed by atoms with Crippen molar-refractivity contribution in [1.29, 1.82) is 0 Å². The van der Waals surface area contributed by atoms with Crippen molar-refractivity contribution in [3.63, 3.8) is 0 Å². The minimum Gasteiger partial charge on any atom is -0.465 e. The molecule has 7 heteroatoms. The molecule has 0 aliphatic carbocycles. The van der Waals surface area contributed by atoms with Crippen molar-refractivity contribution in [2.75, 3.05) is 17.7 Å². The molecule has 6 nitrogen and oxygen atoms in total. The van der Waals surface area contributed by atoms with Gasteiger partial charge in [0.05, 0.1) is 18.4 Å². The Morgan fingerprint density at radius 3 is 2.63 bits per heavy atom. The highest BCUT2D eigenvalue weighted by molar-refractivity contribution is 6.08. The summed E-state index contributed by atoms with van der Waals surface area (Å²) in [4.78, 5) is 28.5. The van der Waals surface area contributed by atoms with E-state index < -0.39 is 11.9 Å². The van der Waals surface area contributed by atoms with Gasteiger partial charge in [-0.15, -0.1) is 0 Å². The predicted octanol–water partition coefficient (Wildman–Crippen LogP) is 4.00. The number of nitrogens with one attached hydrogen (secondary N) is 2. The van der Waals surface area contributed by atoms with Gasteiger partial charge in [-0.2, -0.15) is 0 Å². The number of aromatic nitrogens is 1. The van der Waals surface area contributed by atoms with Gasteiger partial charge in [0.1, 0.15) is 11.6 Å². The highest BCUT2D eigenvalue weighted by atomic mass is 19.1. The van der Waals surface area contributed by atoms with Gasteiger partial charge in [-0.3, -0.25) is 4.79 Å². The molecule has 0 bridgehead atoms. The summed E-state index contributed by atoms with van der Waals surface area (Å²) in [7, 11) is 1.27. The largest absolute Gasteiger partial charge is 0.465 e. The number of carbonyl (C=O) groups is 2. The van der Waals surface area contributed by atoms with E-state index in [4.69, 9.17) is 4.74 Å². The molecule has 0 fully saturated rings. The molecule has 0 spiro atoms. The third-order valence-electron chi connectivity index (χ3n) is 3.70. The molecule has 1 amide bonds. The van der Waals surface area contributed by atoms with Gasteiger partial charge in [-0.25, -0.2) is 14.2 Å². The van der Waals surface area contributed by atoms with Crippen LogP contribution in [0.5, 0.6) is 0 Å². The lowest BCUT2D eigenvalue weighted by Gasteiger charge is -2.11. The number of rotatable bonds is 5. The number of benzene rings is 2. The minimum atomic E-state index is -0.547. The third kappa shape index (κ3) is 4.46. The monoisotopic (exact) mass is 365 g/mol. The Morgan fingerprint density at radius 1 is 1.04 bits per heavy atom. The van der Waals surface area contributed by atoms with Crippen molar-refractivity contribution < 1.29 is 18.7 Å². The van der Waals surface area contributed by atoms with E-state index >= 15 is 0 Å². The Balaban J connectivity index is 1.79. The van der Waals surface area contributed by atoms with Crippen molar-refractivity contribution >= 4 is 29.1 Å². The van der Waals surface area contributed by atoms with E-state index in [-0.39, 0.29) is 11.4 Å². The molecule has 27 heavy (non-hydrogen) atoms. The summed E-state index contributed by atoms with van der Waals surface area (Å²) in [6.45, 7) is 0. The van der Waals surface area contributed by atoms with Crippen LogP contribution in [0.25, 0.3) is 0 Å². The number of halogens is 1. The molecule has 0 saturated heterocycles. The van der Waals surface area contributed by atoms with E-state index in [1.807, 2.05) is 0 Å². The van der Waals surface area contributed by atoms with E-state index in [9.17, 15) is 14.0 Å². The van der Waals surface area contributed by atoms with Gasteiger partial charge in [0.2, 0.25) is 0 Å². The highest BCUT2D eigenvalue weighted by Crippen LogP contribution is 2.19. The molecule has 0 atom stereocenters. The lowest BCUT2D eigenvalue weighted by Crippen LogP contribution is -2.15. The van der Waals surface area contributed by atoms with E-state index in [0.29, 0.717) is 22.8 Å². The van der Waals surface area contributed by atoms with E-state index in [0.717, 1.165) is 0 Å².